The van der Waals surface area contributed by atoms with E-state index in [1.807, 2.05) is 0 Å². The van der Waals surface area contributed by atoms with E-state index in [4.69, 9.17) is 23.3 Å². The van der Waals surface area contributed by atoms with E-state index in [0.717, 1.165) is 122 Å². The molecule has 0 fully saturated rings. The second kappa shape index (κ2) is 54.2. The van der Waals surface area contributed by atoms with E-state index in [2.05, 4.69) is 93.7 Å². The van der Waals surface area contributed by atoms with Crippen LogP contribution in [0.3, 0.4) is 0 Å². The van der Waals surface area contributed by atoms with Crippen LogP contribution in [0, 0.1) is 0 Å². The third kappa shape index (κ3) is 51.8. The van der Waals surface area contributed by atoms with Crippen molar-refractivity contribution in [2.75, 3.05) is 26.4 Å². The fraction of sp³-hybridized carbons (Fsp3) is 0.750. The quantitative estimate of drug-likeness (QED) is 0.0197. The van der Waals surface area contributed by atoms with Gasteiger partial charge in [-0.15, -0.1) is 0 Å². The van der Waals surface area contributed by atoms with E-state index in [1.165, 1.54) is 70.6 Å². The van der Waals surface area contributed by atoms with Gasteiger partial charge in [0.15, 0.2) is 6.10 Å². The highest BCUT2D eigenvalue weighted by Gasteiger charge is 2.28. The first kappa shape index (κ1) is 68.9. The summed E-state index contributed by atoms with van der Waals surface area (Å²) < 4.78 is 39.5. The van der Waals surface area contributed by atoms with Crippen LogP contribution in [0.4, 0.5) is 0 Å². The van der Waals surface area contributed by atoms with Crippen molar-refractivity contribution in [2.45, 2.75) is 264 Å². The lowest BCUT2D eigenvalue weighted by Crippen LogP contribution is -2.30. The molecule has 0 aliphatic rings. The topological polar surface area (TPSA) is 155 Å². The number of ether oxygens (including phenoxy) is 3. The Morgan fingerprint density at radius 3 is 1.11 bits per heavy atom. The lowest BCUT2D eigenvalue weighted by molar-refractivity contribution is -0.161. The molecule has 0 aromatic rings. The van der Waals surface area contributed by atoms with Gasteiger partial charge in [-0.05, 0) is 83.5 Å². The molecule has 0 saturated carbocycles. The molecule has 0 amide bonds. The van der Waals surface area contributed by atoms with Crippen LogP contribution >= 0.6 is 7.82 Å². The molecule has 3 atom stereocenters. The number of carbonyl (C=O) groups excluding carboxylic acids is 3. The molecule has 2 N–H and O–H groups in total. The van der Waals surface area contributed by atoms with Crippen molar-refractivity contribution < 1.29 is 52.2 Å². The number of carbonyl (C=O) groups is 3. The zero-order chi connectivity index (χ0) is 52.7. The Kier molecular flexibility index (Phi) is 51.9. The third-order valence-electron chi connectivity index (χ3n) is 12.1. The van der Waals surface area contributed by atoms with Gasteiger partial charge in [0.05, 0.1) is 19.8 Å². The standard InChI is InChI=1S/C60H105O11P/c1-4-7-10-13-16-19-22-25-28-31-34-37-40-43-46-49-58(62)67-53-57(71-60(64)51-48-45-42-39-36-33-30-27-24-21-18-15-12-9-6-3)55-69-72(65,66)68-54-56(52-61)70-59(63)50-47-44-41-38-35-32-29-26-23-20-17-14-11-8-5-2/h8-9,11-12,17-18,20-21,26-27,29-30,56-57,61H,4-7,10,13-16,19,22-25,28,31-55H2,1-3H3,(H,65,66)/b11-8-,12-9-,20-17-,21-18-,29-26-,30-27-. The summed E-state index contributed by atoms with van der Waals surface area (Å²) in [6, 6.07) is 0. The summed E-state index contributed by atoms with van der Waals surface area (Å²) in [5.74, 6) is -1.49. The van der Waals surface area contributed by atoms with E-state index < -0.39 is 57.8 Å². The van der Waals surface area contributed by atoms with Crippen molar-refractivity contribution in [2.24, 2.45) is 0 Å². The summed E-state index contributed by atoms with van der Waals surface area (Å²) in [6.07, 6.45) is 60.0. The van der Waals surface area contributed by atoms with Crippen LogP contribution < -0.4 is 0 Å². The highest BCUT2D eigenvalue weighted by atomic mass is 31.2. The van der Waals surface area contributed by atoms with Crippen molar-refractivity contribution in [1.82, 2.24) is 0 Å². The molecule has 0 heterocycles. The smallest absolute Gasteiger partial charge is 0.462 e. The Morgan fingerprint density at radius 1 is 0.403 bits per heavy atom. The van der Waals surface area contributed by atoms with Crippen LogP contribution in [-0.4, -0.2) is 66.5 Å². The van der Waals surface area contributed by atoms with Gasteiger partial charge < -0.3 is 24.2 Å². The molecule has 0 aliphatic carbocycles. The zero-order valence-corrected chi connectivity index (χ0v) is 46.8. The molecular formula is C60H105O11P. The minimum Gasteiger partial charge on any atom is -0.462 e. The molecule has 0 spiro atoms. The highest BCUT2D eigenvalue weighted by molar-refractivity contribution is 7.47. The molecule has 0 saturated heterocycles. The first-order chi connectivity index (χ1) is 35.2. The Hall–Kier alpha value is -3.08. The Bertz CT molecular complexity index is 1490. The average Bonchev–Trinajstić information content (AvgIpc) is 3.37. The van der Waals surface area contributed by atoms with Crippen molar-refractivity contribution in [3.05, 3.63) is 72.9 Å². The third-order valence-corrected chi connectivity index (χ3v) is 13.1. The molecule has 72 heavy (non-hydrogen) atoms. The van der Waals surface area contributed by atoms with Crippen molar-refractivity contribution in [3.8, 4) is 0 Å². The first-order valence-electron chi connectivity index (χ1n) is 28.8. The number of aliphatic hydroxyl groups excluding tert-OH is 1. The zero-order valence-electron chi connectivity index (χ0n) is 45.9. The first-order valence-corrected chi connectivity index (χ1v) is 30.3. The van der Waals surface area contributed by atoms with Crippen LogP contribution in [0.15, 0.2) is 72.9 Å². The average molecular weight is 1030 g/mol. The predicted octanol–water partition coefficient (Wildman–Crippen LogP) is 16.9. The summed E-state index contributed by atoms with van der Waals surface area (Å²) in [5.41, 5.74) is 0. The summed E-state index contributed by atoms with van der Waals surface area (Å²) in [5, 5.41) is 9.81. The second-order valence-electron chi connectivity index (χ2n) is 19.0. The Morgan fingerprint density at radius 2 is 0.722 bits per heavy atom. The van der Waals surface area contributed by atoms with Gasteiger partial charge in [0.1, 0.15) is 12.7 Å². The summed E-state index contributed by atoms with van der Waals surface area (Å²) in [6.45, 7) is 4.40. The predicted molar refractivity (Wildman–Crippen MR) is 298 cm³/mol. The number of hydrogen-bond acceptors (Lipinski definition) is 10. The van der Waals surface area contributed by atoms with Crippen molar-refractivity contribution >= 4 is 25.7 Å². The van der Waals surface area contributed by atoms with Gasteiger partial charge in [0.2, 0.25) is 0 Å². The van der Waals surface area contributed by atoms with Gasteiger partial charge in [-0.3, -0.25) is 23.4 Å². The summed E-state index contributed by atoms with van der Waals surface area (Å²) in [4.78, 5) is 48.5. The monoisotopic (exact) mass is 1030 g/mol. The minimum absolute atomic E-state index is 0.147. The van der Waals surface area contributed by atoms with Gasteiger partial charge in [0, 0.05) is 19.3 Å². The molecule has 0 aromatic heterocycles. The summed E-state index contributed by atoms with van der Waals surface area (Å²) in [7, 11) is -4.76. The van der Waals surface area contributed by atoms with Crippen LogP contribution in [0.5, 0.6) is 0 Å². The van der Waals surface area contributed by atoms with Crippen LogP contribution in [-0.2, 0) is 42.2 Å². The fourth-order valence-electron chi connectivity index (χ4n) is 7.80. The van der Waals surface area contributed by atoms with Gasteiger partial charge in [-0.1, -0.05) is 222 Å². The molecule has 0 rings (SSSR count). The number of unbranched alkanes of at least 4 members (excludes halogenated alkanes) is 24. The van der Waals surface area contributed by atoms with Crippen molar-refractivity contribution in [1.29, 1.82) is 0 Å². The second-order valence-corrected chi connectivity index (χ2v) is 20.5. The normalized spacial score (nSPS) is 13.9. The summed E-state index contributed by atoms with van der Waals surface area (Å²) >= 11 is 0. The molecule has 416 valence electrons. The molecule has 11 nitrogen and oxygen atoms in total. The fourth-order valence-corrected chi connectivity index (χ4v) is 8.58. The number of allylic oxidation sites excluding steroid dienone is 12. The van der Waals surface area contributed by atoms with E-state index in [-0.39, 0.29) is 25.9 Å². The van der Waals surface area contributed by atoms with Crippen LogP contribution in [0.25, 0.3) is 0 Å². The van der Waals surface area contributed by atoms with Gasteiger partial charge in [-0.25, -0.2) is 4.57 Å². The molecule has 3 unspecified atom stereocenters. The van der Waals surface area contributed by atoms with Gasteiger partial charge >= 0.3 is 25.7 Å². The highest BCUT2D eigenvalue weighted by Crippen LogP contribution is 2.43. The van der Waals surface area contributed by atoms with Crippen LogP contribution in [0.2, 0.25) is 0 Å². The minimum atomic E-state index is -4.76. The number of phosphoric acid groups is 1. The number of esters is 3. The maximum atomic E-state index is 12.9. The maximum Gasteiger partial charge on any atom is 0.472 e. The Balaban J connectivity index is 4.74. The largest absolute Gasteiger partial charge is 0.472 e. The molecule has 0 aliphatic heterocycles. The van der Waals surface area contributed by atoms with E-state index in [1.54, 1.807) is 0 Å². The maximum absolute atomic E-state index is 12.9. The van der Waals surface area contributed by atoms with E-state index >= 15 is 0 Å². The van der Waals surface area contributed by atoms with Crippen LogP contribution in [0.1, 0.15) is 252 Å². The van der Waals surface area contributed by atoms with E-state index in [9.17, 15) is 28.9 Å². The molecule has 0 radical (unpaired) electrons. The van der Waals surface area contributed by atoms with Crippen molar-refractivity contribution in [3.63, 3.8) is 0 Å². The lowest BCUT2D eigenvalue weighted by atomic mass is 10.0. The van der Waals surface area contributed by atoms with E-state index in [0.29, 0.717) is 19.3 Å². The number of aliphatic hydroxyl groups is 1. The SMILES string of the molecule is CC/C=C\C/C=C\C/C=C\CCCCCCCC(=O)OC(CO)COP(=O)(O)OCC(COC(=O)CCCCCCCCCCCCCCCCC)OC(=O)CCCCCCC/C=C\C/C=C\C/C=C\CC. The number of rotatable bonds is 53. The van der Waals surface area contributed by atoms with Gasteiger partial charge in [-0.2, -0.15) is 0 Å². The lowest BCUT2D eigenvalue weighted by Gasteiger charge is -2.21. The molecule has 12 heteroatoms. The number of hydrogen-bond donors (Lipinski definition) is 2. The molecule has 0 bridgehead atoms. The van der Waals surface area contributed by atoms with Gasteiger partial charge in [0.25, 0.3) is 0 Å². The number of phosphoric ester groups is 1. The Labute approximate surface area is 439 Å². The molecular weight excluding hydrogens is 928 g/mol. The molecule has 0 aromatic carbocycles.